The molecule has 0 radical (unpaired) electrons. The average Bonchev–Trinajstić information content (AvgIpc) is 3.21. The quantitative estimate of drug-likeness (QED) is 0.566. The van der Waals surface area contributed by atoms with Gasteiger partial charge in [-0.3, -0.25) is 0 Å². The summed E-state index contributed by atoms with van der Waals surface area (Å²) in [4.78, 5) is 26.6. The molecule has 0 spiro atoms. The Hall–Kier alpha value is -2.68. The number of hydrogen-bond acceptors (Lipinski definition) is 5. The maximum Gasteiger partial charge on any atom is 0.417 e. The molecule has 152 valence electrons. The molecule has 0 saturated carbocycles. The minimum Gasteiger partial charge on any atom is -0.444 e. The largest absolute Gasteiger partial charge is 0.444 e. The minimum absolute atomic E-state index is 0.0368. The van der Waals surface area contributed by atoms with Gasteiger partial charge in [0.2, 0.25) is 0 Å². The van der Waals surface area contributed by atoms with Gasteiger partial charge in [-0.05, 0) is 30.9 Å². The zero-order valence-electron chi connectivity index (χ0n) is 16.5. The summed E-state index contributed by atoms with van der Waals surface area (Å²) in [5.41, 5.74) is 3.07. The fourth-order valence-electron chi connectivity index (χ4n) is 3.57. The van der Waals surface area contributed by atoms with Crippen LogP contribution in [0.25, 0.3) is 0 Å². The number of carbonyl (C=O) groups excluding carboxylic acids is 1. The Morgan fingerprint density at radius 2 is 2.14 bits per heavy atom. The van der Waals surface area contributed by atoms with E-state index in [1.165, 1.54) is 4.90 Å². The first-order chi connectivity index (χ1) is 13.3. The lowest BCUT2D eigenvalue weighted by molar-refractivity contribution is -0.486. The Balaban J connectivity index is 1.67. The highest BCUT2D eigenvalue weighted by Crippen LogP contribution is 2.23. The van der Waals surface area contributed by atoms with Crippen molar-refractivity contribution in [3.8, 4) is 0 Å². The van der Waals surface area contributed by atoms with Crippen molar-refractivity contribution in [1.29, 1.82) is 0 Å². The number of amides is 1. The van der Waals surface area contributed by atoms with Crippen molar-refractivity contribution in [2.75, 3.05) is 32.8 Å². The molecule has 2 atom stereocenters. The monoisotopic (exact) mass is 390 g/mol. The van der Waals surface area contributed by atoms with Crippen LogP contribution in [0.15, 0.2) is 23.3 Å². The van der Waals surface area contributed by atoms with E-state index in [1.807, 2.05) is 32.0 Å². The molecule has 1 amide bonds. The number of ether oxygens (including phenoxy) is 2. The molecule has 2 unspecified atom stereocenters. The Morgan fingerprint density at radius 1 is 1.36 bits per heavy atom. The van der Waals surface area contributed by atoms with Crippen molar-refractivity contribution < 1.29 is 19.3 Å². The van der Waals surface area contributed by atoms with Gasteiger partial charge in [0.25, 0.3) is 5.96 Å². The van der Waals surface area contributed by atoms with E-state index in [4.69, 9.17) is 9.47 Å². The summed E-state index contributed by atoms with van der Waals surface area (Å²) in [6.07, 6.45) is -0.626. The zero-order chi connectivity index (χ0) is 20.3. The Bertz CT molecular complexity index is 782. The summed E-state index contributed by atoms with van der Waals surface area (Å²) >= 11 is 0. The van der Waals surface area contributed by atoms with Gasteiger partial charge in [0, 0.05) is 25.6 Å². The summed E-state index contributed by atoms with van der Waals surface area (Å²) in [6, 6.07) is 5.89. The smallest absolute Gasteiger partial charge is 0.417 e. The van der Waals surface area contributed by atoms with Crippen LogP contribution < -0.4 is 0 Å². The van der Waals surface area contributed by atoms with Crippen molar-refractivity contribution in [3.05, 3.63) is 45.0 Å². The van der Waals surface area contributed by atoms with E-state index in [0.29, 0.717) is 38.8 Å². The van der Waals surface area contributed by atoms with Crippen molar-refractivity contribution in [2.24, 2.45) is 16.9 Å². The van der Waals surface area contributed by atoms with E-state index in [2.05, 4.69) is 12.0 Å². The summed E-state index contributed by atoms with van der Waals surface area (Å²) in [7, 11) is 0. The fraction of sp³-hybridized carbons (Fsp3) is 0.579. The van der Waals surface area contributed by atoms with E-state index >= 15 is 0 Å². The lowest BCUT2D eigenvalue weighted by atomic mass is 9.98. The predicted molar refractivity (Wildman–Crippen MR) is 102 cm³/mol. The standard InChI is InChI=1S/C19H26N4O5/c1-13-4-5-16(14(2)8-13)12-28-19(24)22-7-6-21(18(22)20-23(25)26)9-17-11-27-10-15(17)3/h4-5,8,15,17H,6-7,9-12H2,1-3H3. The maximum absolute atomic E-state index is 12.6. The molecular formula is C19H26N4O5. The van der Waals surface area contributed by atoms with Crippen LogP contribution >= 0.6 is 0 Å². The lowest BCUT2D eigenvalue weighted by Gasteiger charge is -2.23. The molecule has 0 bridgehead atoms. The molecule has 2 heterocycles. The summed E-state index contributed by atoms with van der Waals surface area (Å²) in [5.74, 6) is 0.653. The molecule has 9 heteroatoms. The van der Waals surface area contributed by atoms with Gasteiger partial charge < -0.3 is 14.4 Å². The molecule has 1 aromatic rings. The second-order valence-corrected chi connectivity index (χ2v) is 7.49. The van der Waals surface area contributed by atoms with E-state index in [0.717, 1.165) is 16.7 Å². The SMILES string of the molecule is Cc1ccc(COC(=O)N2CCN(CC3COCC3C)C2=N[N+](=O)[O-])c(C)c1. The van der Waals surface area contributed by atoms with Gasteiger partial charge >= 0.3 is 6.09 Å². The predicted octanol–water partition coefficient (Wildman–Crippen LogP) is 2.39. The molecule has 2 aliphatic heterocycles. The molecule has 2 saturated heterocycles. The van der Waals surface area contributed by atoms with Gasteiger partial charge in [-0.2, -0.15) is 0 Å². The summed E-state index contributed by atoms with van der Waals surface area (Å²) < 4.78 is 10.9. The minimum atomic E-state index is -0.771. The molecular weight excluding hydrogens is 364 g/mol. The molecule has 0 aliphatic carbocycles. The van der Waals surface area contributed by atoms with Crippen molar-refractivity contribution >= 4 is 12.1 Å². The van der Waals surface area contributed by atoms with Crippen molar-refractivity contribution in [2.45, 2.75) is 27.4 Å². The first-order valence-electron chi connectivity index (χ1n) is 9.41. The molecule has 3 rings (SSSR count). The highest BCUT2D eigenvalue weighted by molar-refractivity contribution is 5.95. The van der Waals surface area contributed by atoms with Gasteiger partial charge in [-0.25, -0.2) is 19.8 Å². The van der Waals surface area contributed by atoms with Gasteiger partial charge in [0.1, 0.15) is 11.7 Å². The van der Waals surface area contributed by atoms with Crippen LogP contribution in [-0.4, -0.2) is 59.7 Å². The van der Waals surface area contributed by atoms with Crippen LogP contribution in [0, 0.1) is 35.8 Å². The third-order valence-corrected chi connectivity index (χ3v) is 5.33. The van der Waals surface area contributed by atoms with Gasteiger partial charge in [0.05, 0.1) is 13.2 Å². The highest BCUT2D eigenvalue weighted by atomic mass is 16.7. The molecule has 1 aromatic carbocycles. The van der Waals surface area contributed by atoms with Gasteiger partial charge in [-0.15, -0.1) is 0 Å². The third-order valence-electron chi connectivity index (χ3n) is 5.33. The fourth-order valence-corrected chi connectivity index (χ4v) is 3.57. The highest BCUT2D eigenvalue weighted by Gasteiger charge is 2.38. The van der Waals surface area contributed by atoms with Gasteiger partial charge in [0.15, 0.2) is 5.03 Å². The third kappa shape index (κ3) is 4.59. The molecule has 9 nitrogen and oxygen atoms in total. The normalized spacial score (nSPS) is 23.5. The summed E-state index contributed by atoms with van der Waals surface area (Å²) in [6.45, 7) is 8.80. The number of rotatable bonds is 5. The second kappa shape index (κ2) is 8.55. The van der Waals surface area contributed by atoms with Crippen molar-refractivity contribution in [1.82, 2.24) is 9.80 Å². The van der Waals surface area contributed by atoms with E-state index < -0.39 is 11.1 Å². The first-order valence-corrected chi connectivity index (χ1v) is 9.41. The number of nitrogens with zero attached hydrogens (tertiary/aromatic N) is 4. The van der Waals surface area contributed by atoms with Crippen molar-refractivity contribution in [3.63, 3.8) is 0 Å². The lowest BCUT2D eigenvalue weighted by Crippen LogP contribution is -2.41. The maximum atomic E-state index is 12.6. The number of hydrogen-bond donors (Lipinski definition) is 0. The van der Waals surface area contributed by atoms with Gasteiger partial charge in [-0.1, -0.05) is 30.7 Å². The molecule has 2 fully saturated rings. The Kier molecular flexibility index (Phi) is 6.13. The van der Waals surface area contributed by atoms with Crippen LogP contribution in [0.4, 0.5) is 4.79 Å². The number of guanidine groups is 1. The average molecular weight is 390 g/mol. The first kappa shape index (κ1) is 20.1. The zero-order valence-corrected chi connectivity index (χ0v) is 16.5. The van der Waals surface area contributed by atoms with E-state index in [-0.39, 0.29) is 18.5 Å². The Morgan fingerprint density at radius 3 is 2.79 bits per heavy atom. The van der Waals surface area contributed by atoms with Crippen LogP contribution in [0.1, 0.15) is 23.6 Å². The number of aryl methyl sites for hydroxylation is 2. The number of nitro groups is 1. The number of hydrazone groups is 1. The van der Waals surface area contributed by atoms with Crippen LogP contribution in [0.3, 0.4) is 0 Å². The Labute approximate surface area is 164 Å². The summed E-state index contributed by atoms with van der Waals surface area (Å²) in [5, 5.41) is 13.7. The number of benzene rings is 1. The van der Waals surface area contributed by atoms with Crippen LogP contribution in [0.5, 0.6) is 0 Å². The topological polar surface area (TPSA) is 97.5 Å². The molecule has 0 aromatic heterocycles. The van der Waals surface area contributed by atoms with Crippen LogP contribution in [-0.2, 0) is 16.1 Å². The molecule has 2 aliphatic rings. The van der Waals surface area contributed by atoms with Crippen LogP contribution in [0.2, 0.25) is 0 Å². The van der Waals surface area contributed by atoms with E-state index in [9.17, 15) is 14.9 Å². The second-order valence-electron chi connectivity index (χ2n) is 7.49. The van der Waals surface area contributed by atoms with E-state index in [1.54, 1.807) is 4.90 Å². The molecule has 28 heavy (non-hydrogen) atoms. The number of carbonyl (C=O) groups is 1. The molecule has 0 N–H and O–H groups in total.